The molecule has 2 saturated heterocycles. The van der Waals surface area contributed by atoms with Gasteiger partial charge in [-0.2, -0.15) is 4.31 Å². The van der Waals surface area contributed by atoms with E-state index in [1.54, 1.807) is 35.2 Å². The predicted octanol–water partition coefficient (Wildman–Crippen LogP) is 1.44. The van der Waals surface area contributed by atoms with Crippen LogP contribution in [0, 0.1) is 0 Å². The van der Waals surface area contributed by atoms with E-state index in [9.17, 15) is 18.3 Å². The maximum absolute atomic E-state index is 13.4. The average Bonchev–Trinajstić information content (AvgIpc) is 2.61. The summed E-state index contributed by atoms with van der Waals surface area (Å²) in [6, 6.07) is 17.4. The van der Waals surface area contributed by atoms with Crippen molar-refractivity contribution in [2.75, 3.05) is 19.7 Å². The third-order valence-corrected chi connectivity index (χ3v) is 7.74. The second-order valence-electron chi connectivity index (χ2n) is 7.23. The second kappa shape index (κ2) is 6.44. The normalized spacial score (nSPS) is 24.3. The molecule has 0 saturated carbocycles. The topological polar surface area (TPSA) is 77.9 Å². The third-order valence-electron chi connectivity index (χ3n) is 5.72. The number of hydrogen-bond donors (Lipinski definition) is 1. The lowest BCUT2D eigenvalue weighted by Crippen LogP contribution is -2.85. The van der Waals surface area contributed by atoms with Crippen LogP contribution in [0.4, 0.5) is 0 Å². The van der Waals surface area contributed by atoms with Crippen LogP contribution in [0.15, 0.2) is 65.6 Å². The summed E-state index contributed by atoms with van der Waals surface area (Å²) in [4.78, 5) is 13.6. The van der Waals surface area contributed by atoms with Crippen molar-refractivity contribution in [2.45, 2.75) is 29.3 Å². The standard InChI is InChI=1S/C20H22N2O4S/c1-15(24)21-13-20(14-21)19(16-8-4-2-5-9-16)18(12-23)22(20)27(25,26)17-10-6-3-7-11-17/h2-11,18-19,23H,12-14H2,1H3/t18-,19+/m1/s1. The van der Waals surface area contributed by atoms with Crippen molar-refractivity contribution < 1.29 is 18.3 Å². The number of likely N-dealkylation sites (tertiary alicyclic amines) is 1. The molecule has 0 radical (unpaired) electrons. The van der Waals surface area contributed by atoms with Crippen molar-refractivity contribution >= 4 is 15.9 Å². The van der Waals surface area contributed by atoms with Crippen molar-refractivity contribution in [2.24, 2.45) is 0 Å². The van der Waals surface area contributed by atoms with Gasteiger partial charge in [0.25, 0.3) is 0 Å². The molecular formula is C20H22N2O4S. The van der Waals surface area contributed by atoms with E-state index in [0.29, 0.717) is 13.1 Å². The summed E-state index contributed by atoms with van der Waals surface area (Å²) >= 11 is 0. The number of aliphatic hydroxyl groups is 1. The molecule has 6 nitrogen and oxygen atoms in total. The number of amides is 1. The molecule has 4 rings (SSSR count). The Morgan fingerprint density at radius 3 is 2.15 bits per heavy atom. The van der Waals surface area contributed by atoms with Gasteiger partial charge in [-0.25, -0.2) is 8.42 Å². The van der Waals surface area contributed by atoms with Crippen LogP contribution in [0.3, 0.4) is 0 Å². The van der Waals surface area contributed by atoms with E-state index in [-0.39, 0.29) is 23.3 Å². The molecule has 2 aromatic carbocycles. The second-order valence-corrected chi connectivity index (χ2v) is 9.05. The smallest absolute Gasteiger partial charge is 0.244 e. The maximum atomic E-state index is 13.4. The van der Waals surface area contributed by atoms with Gasteiger partial charge in [-0.1, -0.05) is 48.5 Å². The van der Waals surface area contributed by atoms with E-state index < -0.39 is 21.6 Å². The van der Waals surface area contributed by atoms with Crippen LogP contribution in [0.5, 0.6) is 0 Å². The molecular weight excluding hydrogens is 364 g/mol. The quantitative estimate of drug-likeness (QED) is 0.863. The van der Waals surface area contributed by atoms with Gasteiger partial charge >= 0.3 is 0 Å². The minimum Gasteiger partial charge on any atom is -0.395 e. The molecule has 2 aliphatic heterocycles. The van der Waals surface area contributed by atoms with Gasteiger partial charge in [-0.05, 0) is 17.7 Å². The van der Waals surface area contributed by atoms with E-state index in [2.05, 4.69) is 0 Å². The number of aliphatic hydroxyl groups excluding tert-OH is 1. The van der Waals surface area contributed by atoms with E-state index in [1.165, 1.54) is 11.2 Å². The number of rotatable bonds is 4. The first-order valence-electron chi connectivity index (χ1n) is 8.93. The lowest BCUT2D eigenvalue weighted by molar-refractivity contribution is -0.165. The van der Waals surface area contributed by atoms with Crippen LogP contribution in [-0.4, -0.2) is 59.9 Å². The molecule has 7 heteroatoms. The Balaban J connectivity index is 1.78. The lowest BCUT2D eigenvalue weighted by atomic mass is 9.63. The van der Waals surface area contributed by atoms with Gasteiger partial charge in [0, 0.05) is 25.9 Å². The number of carbonyl (C=O) groups is 1. The summed E-state index contributed by atoms with van der Waals surface area (Å²) in [7, 11) is -3.79. The summed E-state index contributed by atoms with van der Waals surface area (Å²) < 4.78 is 28.2. The summed E-state index contributed by atoms with van der Waals surface area (Å²) in [5, 5.41) is 10.0. The molecule has 2 atom stereocenters. The molecule has 27 heavy (non-hydrogen) atoms. The van der Waals surface area contributed by atoms with E-state index in [1.807, 2.05) is 30.3 Å². The highest BCUT2D eigenvalue weighted by atomic mass is 32.2. The molecule has 0 aromatic heterocycles. The fraction of sp³-hybridized carbons (Fsp3) is 0.350. The molecule has 2 heterocycles. The molecule has 1 spiro atoms. The van der Waals surface area contributed by atoms with Gasteiger partial charge in [0.05, 0.1) is 23.1 Å². The van der Waals surface area contributed by atoms with Gasteiger partial charge in [-0.15, -0.1) is 0 Å². The molecule has 0 unspecified atom stereocenters. The van der Waals surface area contributed by atoms with Gasteiger partial charge < -0.3 is 10.0 Å². The Bertz CT molecular complexity index is 940. The number of carbonyl (C=O) groups excluding carboxylic acids is 1. The molecule has 2 aliphatic rings. The predicted molar refractivity (Wildman–Crippen MR) is 101 cm³/mol. The largest absolute Gasteiger partial charge is 0.395 e. The fourth-order valence-electron chi connectivity index (χ4n) is 4.55. The minimum atomic E-state index is -3.79. The van der Waals surface area contributed by atoms with Crippen LogP contribution in [0.2, 0.25) is 0 Å². The first-order chi connectivity index (χ1) is 12.9. The van der Waals surface area contributed by atoms with Crippen molar-refractivity contribution in [3.05, 3.63) is 66.2 Å². The molecule has 2 aromatic rings. The average molecular weight is 386 g/mol. The molecule has 1 amide bonds. The zero-order valence-electron chi connectivity index (χ0n) is 15.0. The van der Waals surface area contributed by atoms with Crippen molar-refractivity contribution in [3.63, 3.8) is 0 Å². The van der Waals surface area contributed by atoms with Gasteiger partial charge in [0.15, 0.2) is 0 Å². The molecule has 0 aliphatic carbocycles. The zero-order chi connectivity index (χ0) is 19.2. The Hall–Kier alpha value is -2.22. The fourth-order valence-corrected chi connectivity index (χ4v) is 6.53. The van der Waals surface area contributed by atoms with Crippen molar-refractivity contribution in [1.82, 2.24) is 9.21 Å². The minimum absolute atomic E-state index is 0.0723. The van der Waals surface area contributed by atoms with Gasteiger partial charge in [0.2, 0.25) is 15.9 Å². The monoisotopic (exact) mass is 386 g/mol. The molecule has 2 fully saturated rings. The number of sulfonamides is 1. The number of benzene rings is 2. The Kier molecular flexibility index (Phi) is 4.33. The number of nitrogens with zero attached hydrogens (tertiary/aromatic N) is 2. The lowest BCUT2D eigenvalue weighted by Gasteiger charge is -2.69. The van der Waals surface area contributed by atoms with Crippen LogP contribution < -0.4 is 0 Å². The summed E-state index contributed by atoms with van der Waals surface area (Å²) in [5.41, 5.74) is 0.272. The highest BCUT2D eigenvalue weighted by Gasteiger charge is 2.70. The van der Waals surface area contributed by atoms with Crippen LogP contribution in [-0.2, 0) is 14.8 Å². The first kappa shape index (κ1) is 18.2. The van der Waals surface area contributed by atoms with Gasteiger partial charge in [-0.3, -0.25) is 4.79 Å². The van der Waals surface area contributed by atoms with E-state index in [4.69, 9.17) is 0 Å². The van der Waals surface area contributed by atoms with Crippen LogP contribution >= 0.6 is 0 Å². The molecule has 1 N–H and O–H groups in total. The van der Waals surface area contributed by atoms with E-state index >= 15 is 0 Å². The molecule has 0 bridgehead atoms. The SMILES string of the molecule is CC(=O)N1CC2(C1)[C@@H](c1ccccc1)[C@@H](CO)N2S(=O)(=O)c1ccccc1. The van der Waals surface area contributed by atoms with E-state index in [0.717, 1.165) is 5.56 Å². The first-order valence-corrected chi connectivity index (χ1v) is 10.4. The Morgan fingerprint density at radius 2 is 1.63 bits per heavy atom. The number of hydrogen-bond acceptors (Lipinski definition) is 4. The van der Waals surface area contributed by atoms with Crippen LogP contribution in [0.1, 0.15) is 18.4 Å². The highest BCUT2D eigenvalue weighted by Crippen LogP contribution is 2.56. The summed E-state index contributed by atoms with van der Waals surface area (Å²) in [5.74, 6) is -0.227. The zero-order valence-corrected chi connectivity index (χ0v) is 15.8. The Labute approximate surface area is 159 Å². The van der Waals surface area contributed by atoms with Crippen LogP contribution in [0.25, 0.3) is 0 Å². The molecule has 142 valence electrons. The van der Waals surface area contributed by atoms with Crippen molar-refractivity contribution in [3.8, 4) is 0 Å². The third kappa shape index (κ3) is 2.61. The Morgan fingerprint density at radius 1 is 1.07 bits per heavy atom. The highest BCUT2D eigenvalue weighted by molar-refractivity contribution is 7.89. The summed E-state index contributed by atoms with van der Waals surface area (Å²) in [6.45, 7) is 1.89. The maximum Gasteiger partial charge on any atom is 0.244 e. The van der Waals surface area contributed by atoms with Gasteiger partial charge in [0.1, 0.15) is 0 Å². The summed E-state index contributed by atoms with van der Waals surface area (Å²) in [6.07, 6.45) is 0. The van der Waals surface area contributed by atoms with Crippen molar-refractivity contribution in [1.29, 1.82) is 0 Å².